The molecule has 1 aliphatic heterocycles. The molecule has 1 fully saturated rings. The van der Waals surface area contributed by atoms with Gasteiger partial charge in [-0.15, -0.1) is 0 Å². The van der Waals surface area contributed by atoms with E-state index in [-0.39, 0.29) is 10.6 Å². The molecule has 0 unspecified atom stereocenters. The fourth-order valence-electron chi connectivity index (χ4n) is 2.82. The Morgan fingerprint density at radius 1 is 1.29 bits per heavy atom. The van der Waals surface area contributed by atoms with Crippen LogP contribution in [0.3, 0.4) is 0 Å². The number of nitro groups is 1. The SMILES string of the molecule is CC(C)(O)CCC1CCN(c2ccc([N+](=O)[O-])cc2)CC1. The van der Waals surface area contributed by atoms with Crippen molar-refractivity contribution in [2.75, 3.05) is 18.0 Å². The summed E-state index contributed by atoms with van der Waals surface area (Å²) in [5.41, 5.74) is 0.621. The van der Waals surface area contributed by atoms with E-state index in [2.05, 4.69) is 4.90 Å². The first kappa shape index (κ1) is 15.8. The molecule has 116 valence electrons. The van der Waals surface area contributed by atoms with Crippen molar-refractivity contribution in [3.05, 3.63) is 34.4 Å². The van der Waals surface area contributed by atoms with Crippen LogP contribution in [0.5, 0.6) is 0 Å². The highest BCUT2D eigenvalue weighted by Crippen LogP contribution is 2.28. The molecular weight excluding hydrogens is 268 g/mol. The van der Waals surface area contributed by atoms with Gasteiger partial charge in [0.15, 0.2) is 0 Å². The van der Waals surface area contributed by atoms with Crippen molar-refractivity contribution in [2.45, 2.75) is 45.1 Å². The lowest BCUT2D eigenvalue weighted by molar-refractivity contribution is -0.384. The second-order valence-corrected chi connectivity index (χ2v) is 6.56. The number of hydrogen-bond acceptors (Lipinski definition) is 4. The first-order valence-corrected chi connectivity index (χ1v) is 7.57. The molecule has 1 saturated heterocycles. The highest BCUT2D eigenvalue weighted by molar-refractivity contribution is 5.51. The van der Waals surface area contributed by atoms with Gasteiger partial charge in [-0.1, -0.05) is 0 Å². The van der Waals surface area contributed by atoms with Crippen molar-refractivity contribution in [3.8, 4) is 0 Å². The molecule has 21 heavy (non-hydrogen) atoms. The highest BCUT2D eigenvalue weighted by Gasteiger charge is 2.22. The smallest absolute Gasteiger partial charge is 0.269 e. The van der Waals surface area contributed by atoms with Gasteiger partial charge in [-0.25, -0.2) is 0 Å². The fourth-order valence-corrected chi connectivity index (χ4v) is 2.82. The van der Waals surface area contributed by atoms with Gasteiger partial charge < -0.3 is 10.0 Å². The lowest BCUT2D eigenvalue weighted by Crippen LogP contribution is -2.34. The van der Waals surface area contributed by atoms with Crippen LogP contribution in [0.4, 0.5) is 11.4 Å². The summed E-state index contributed by atoms with van der Waals surface area (Å²) in [5.74, 6) is 0.672. The van der Waals surface area contributed by atoms with E-state index < -0.39 is 5.60 Å². The van der Waals surface area contributed by atoms with Crippen LogP contribution >= 0.6 is 0 Å². The second kappa shape index (κ2) is 6.43. The molecule has 5 nitrogen and oxygen atoms in total. The molecule has 0 atom stereocenters. The monoisotopic (exact) mass is 292 g/mol. The van der Waals surface area contributed by atoms with E-state index in [0.717, 1.165) is 44.5 Å². The van der Waals surface area contributed by atoms with E-state index in [1.54, 1.807) is 12.1 Å². The van der Waals surface area contributed by atoms with Crippen LogP contribution in [-0.4, -0.2) is 28.7 Å². The minimum absolute atomic E-state index is 0.138. The third-order valence-corrected chi connectivity index (χ3v) is 4.20. The van der Waals surface area contributed by atoms with E-state index in [0.29, 0.717) is 5.92 Å². The number of piperidine rings is 1. The molecule has 0 aliphatic carbocycles. The van der Waals surface area contributed by atoms with E-state index in [1.165, 1.54) is 0 Å². The second-order valence-electron chi connectivity index (χ2n) is 6.56. The molecule has 5 heteroatoms. The third-order valence-electron chi connectivity index (χ3n) is 4.20. The quantitative estimate of drug-likeness (QED) is 0.667. The van der Waals surface area contributed by atoms with Gasteiger partial charge in [0.1, 0.15) is 0 Å². The molecule has 0 amide bonds. The lowest BCUT2D eigenvalue weighted by atomic mass is 9.88. The number of anilines is 1. The van der Waals surface area contributed by atoms with Crippen LogP contribution in [0.2, 0.25) is 0 Å². The molecule has 1 aromatic carbocycles. The van der Waals surface area contributed by atoms with Gasteiger partial charge in [0.05, 0.1) is 10.5 Å². The minimum Gasteiger partial charge on any atom is -0.390 e. The van der Waals surface area contributed by atoms with Gasteiger partial charge in [-0.3, -0.25) is 10.1 Å². The minimum atomic E-state index is -0.574. The van der Waals surface area contributed by atoms with Crippen LogP contribution in [0.1, 0.15) is 39.5 Å². The predicted octanol–water partition coefficient (Wildman–Crippen LogP) is 3.36. The zero-order valence-corrected chi connectivity index (χ0v) is 12.8. The summed E-state index contributed by atoms with van der Waals surface area (Å²) >= 11 is 0. The first-order valence-electron chi connectivity index (χ1n) is 7.57. The maximum atomic E-state index is 10.7. The Balaban J connectivity index is 1.84. The standard InChI is InChI=1S/C16H24N2O3/c1-16(2,19)10-7-13-8-11-17(12-9-13)14-3-5-15(6-4-14)18(20)21/h3-6,13,19H,7-12H2,1-2H3. The number of nitrogens with zero attached hydrogens (tertiary/aromatic N) is 2. The Morgan fingerprint density at radius 2 is 1.86 bits per heavy atom. The Kier molecular flexibility index (Phi) is 4.83. The van der Waals surface area contributed by atoms with E-state index in [1.807, 2.05) is 26.0 Å². The van der Waals surface area contributed by atoms with E-state index >= 15 is 0 Å². The summed E-state index contributed by atoms with van der Waals surface area (Å²) < 4.78 is 0. The Bertz CT molecular complexity index is 471. The molecule has 1 heterocycles. The molecule has 1 aromatic rings. The molecule has 1 N–H and O–H groups in total. The topological polar surface area (TPSA) is 66.6 Å². The zero-order valence-electron chi connectivity index (χ0n) is 12.8. The molecule has 0 aromatic heterocycles. The first-order chi connectivity index (χ1) is 9.85. The van der Waals surface area contributed by atoms with Gasteiger partial charge in [-0.2, -0.15) is 0 Å². The molecule has 1 aliphatic rings. The van der Waals surface area contributed by atoms with Crippen LogP contribution in [0.25, 0.3) is 0 Å². The van der Waals surface area contributed by atoms with Gasteiger partial charge >= 0.3 is 0 Å². The zero-order chi connectivity index (χ0) is 15.5. The number of non-ortho nitro benzene ring substituents is 1. The summed E-state index contributed by atoms with van der Waals surface area (Å²) in [4.78, 5) is 12.6. The Labute approximate surface area is 125 Å². The summed E-state index contributed by atoms with van der Waals surface area (Å²) in [6, 6.07) is 6.79. The van der Waals surface area contributed by atoms with Crippen LogP contribution in [0, 0.1) is 16.0 Å². The molecule has 0 radical (unpaired) electrons. The van der Waals surface area contributed by atoms with Crippen molar-refractivity contribution >= 4 is 11.4 Å². The van der Waals surface area contributed by atoms with Crippen LogP contribution in [-0.2, 0) is 0 Å². The molecule has 0 saturated carbocycles. The van der Waals surface area contributed by atoms with Crippen molar-refractivity contribution < 1.29 is 10.0 Å². The maximum Gasteiger partial charge on any atom is 0.269 e. The summed E-state index contributed by atoms with van der Waals surface area (Å²) in [5, 5.41) is 20.4. The van der Waals surface area contributed by atoms with Gasteiger partial charge in [0, 0.05) is 30.9 Å². The average Bonchev–Trinajstić information content (AvgIpc) is 2.45. The maximum absolute atomic E-state index is 10.7. The normalized spacial score (nSPS) is 17.0. The highest BCUT2D eigenvalue weighted by atomic mass is 16.6. The Hall–Kier alpha value is -1.62. The number of aliphatic hydroxyl groups is 1. The summed E-state index contributed by atoms with van der Waals surface area (Å²) in [6.45, 7) is 5.68. The number of nitro benzene ring substituents is 1. The van der Waals surface area contributed by atoms with Crippen molar-refractivity contribution in [1.82, 2.24) is 0 Å². The summed E-state index contributed by atoms with van der Waals surface area (Å²) in [7, 11) is 0. The number of benzene rings is 1. The summed E-state index contributed by atoms with van der Waals surface area (Å²) in [6.07, 6.45) is 4.15. The average molecular weight is 292 g/mol. The number of rotatable bonds is 5. The van der Waals surface area contributed by atoms with Crippen molar-refractivity contribution in [3.63, 3.8) is 0 Å². The van der Waals surface area contributed by atoms with Gasteiger partial charge in [0.25, 0.3) is 5.69 Å². The van der Waals surface area contributed by atoms with Crippen LogP contribution < -0.4 is 4.90 Å². The van der Waals surface area contributed by atoms with Crippen molar-refractivity contribution in [1.29, 1.82) is 0 Å². The van der Waals surface area contributed by atoms with E-state index in [9.17, 15) is 15.2 Å². The fraction of sp³-hybridized carbons (Fsp3) is 0.625. The van der Waals surface area contributed by atoms with E-state index in [4.69, 9.17) is 0 Å². The largest absolute Gasteiger partial charge is 0.390 e. The molecular formula is C16H24N2O3. The lowest BCUT2D eigenvalue weighted by Gasteiger charge is -2.34. The third kappa shape index (κ3) is 4.70. The molecule has 0 bridgehead atoms. The van der Waals surface area contributed by atoms with Crippen LogP contribution in [0.15, 0.2) is 24.3 Å². The van der Waals surface area contributed by atoms with Crippen molar-refractivity contribution in [2.24, 2.45) is 5.92 Å². The molecule has 2 rings (SSSR count). The Morgan fingerprint density at radius 3 is 2.33 bits per heavy atom. The van der Waals surface area contributed by atoms with Gasteiger partial charge in [-0.05, 0) is 57.6 Å². The predicted molar refractivity (Wildman–Crippen MR) is 83.6 cm³/mol. The number of hydrogen-bond donors (Lipinski definition) is 1. The van der Waals surface area contributed by atoms with Gasteiger partial charge in [0.2, 0.25) is 0 Å². The molecule has 0 spiro atoms.